The molecule has 0 saturated carbocycles. The zero-order valence-electron chi connectivity index (χ0n) is 7.76. The van der Waals surface area contributed by atoms with E-state index in [1.807, 2.05) is 19.2 Å². The summed E-state index contributed by atoms with van der Waals surface area (Å²) in [4.78, 5) is 0. The molecule has 0 saturated heterocycles. The van der Waals surface area contributed by atoms with E-state index in [0.29, 0.717) is 12.6 Å². The van der Waals surface area contributed by atoms with E-state index in [4.69, 9.17) is 5.73 Å². The van der Waals surface area contributed by atoms with Crippen LogP contribution in [0.25, 0.3) is 0 Å². The maximum Gasteiger partial charge on any atom is 0.0329 e. The van der Waals surface area contributed by atoms with Crippen molar-refractivity contribution in [3.63, 3.8) is 0 Å². The van der Waals surface area contributed by atoms with Crippen LogP contribution < -0.4 is 11.1 Å². The van der Waals surface area contributed by atoms with Gasteiger partial charge in [0.25, 0.3) is 0 Å². The van der Waals surface area contributed by atoms with Gasteiger partial charge in [-0.1, -0.05) is 28.1 Å². The van der Waals surface area contributed by atoms with Crippen molar-refractivity contribution in [3.8, 4) is 0 Å². The van der Waals surface area contributed by atoms with Crippen molar-refractivity contribution in [2.75, 3.05) is 13.6 Å². The molecular formula is C10H15BrN2. The van der Waals surface area contributed by atoms with Crippen molar-refractivity contribution in [1.29, 1.82) is 0 Å². The third-order valence-electron chi connectivity index (χ3n) is 2.05. The molecule has 0 aliphatic rings. The normalized spacial score (nSPS) is 12.8. The van der Waals surface area contributed by atoms with Crippen molar-refractivity contribution < 1.29 is 0 Å². The van der Waals surface area contributed by atoms with Gasteiger partial charge in [-0.2, -0.15) is 0 Å². The molecule has 0 spiro atoms. The largest absolute Gasteiger partial charge is 0.330 e. The predicted molar refractivity (Wildman–Crippen MR) is 59.6 cm³/mol. The van der Waals surface area contributed by atoms with Crippen molar-refractivity contribution in [2.24, 2.45) is 5.73 Å². The van der Waals surface area contributed by atoms with Crippen molar-refractivity contribution in [1.82, 2.24) is 5.32 Å². The average Bonchev–Trinajstić information content (AvgIpc) is 2.14. The van der Waals surface area contributed by atoms with E-state index in [9.17, 15) is 0 Å². The topological polar surface area (TPSA) is 38.0 Å². The van der Waals surface area contributed by atoms with Gasteiger partial charge in [0.15, 0.2) is 0 Å². The third-order valence-corrected chi connectivity index (χ3v) is 2.55. The second kappa shape index (κ2) is 5.37. The third kappa shape index (κ3) is 3.10. The minimum absolute atomic E-state index is 0.363. The Balaban J connectivity index is 2.78. The first-order valence-corrected chi connectivity index (χ1v) is 5.20. The van der Waals surface area contributed by atoms with Gasteiger partial charge in [0.1, 0.15) is 0 Å². The predicted octanol–water partition coefficient (Wildman–Crippen LogP) is 2.06. The molecule has 3 heteroatoms. The SMILES string of the molecule is CNC(CCN)c1cccc(Br)c1. The fourth-order valence-electron chi connectivity index (χ4n) is 1.37. The Morgan fingerprint density at radius 1 is 1.54 bits per heavy atom. The summed E-state index contributed by atoms with van der Waals surface area (Å²) < 4.78 is 1.11. The van der Waals surface area contributed by atoms with E-state index in [-0.39, 0.29) is 0 Å². The van der Waals surface area contributed by atoms with Crippen LogP contribution in [-0.2, 0) is 0 Å². The molecule has 0 bridgehead atoms. The molecule has 0 aromatic heterocycles. The second-order valence-corrected chi connectivity index (χ2v) is 3.89. The maximum atomic E-state index is 5.53. The minimum Gasteiger partial charge on any atom is -0.330 e. The number of hydrogen-bond donors (Lipinski definition) is 2. The van der Waals surface area contributed by atoms with Gasteiger partial charge in [-0.25, -0.2) is 0 Å². The van der Waals surface area contributed by atoms with Crippen LogP contribution in [0.1, 0.15) is 18.0 Å². The molecular weight excluding hydrogens is 228 g/mol. The molecule has 0 amide bonds. The Labute approximate surface area is 87.6 Å². The van der Waals surface area contributed by atoms with Gasteiger partial charge in [0, 0.05) is 10.5 Å². The number of benzene rings is 1. The van der Waals surface area contributed by atoms with Crippen LogP contribution in [0.3, 0.4) is 0 Å². The van der Waals surface area contributed by atoms with Crippen LogP contribution in [0.2, 0.25) is 0 Å². The standard InChI is InChI=1S/C10H15BrN2/c1-13-10(5-6-12)8-3-2-4-9(11)7-8/h2-4,7,10,13H,5-6,12H2,1H3. The molecule has 13 heavy (non-hydrogen) atoms. The molecule has 0 heterocycles. The fourth-order valence-corrected chi connectivity index (χ4v) is 1.78. The fraction of sp³-hybridized carbons (Fsp3) is 0.400. The summed E-state index contributed by atoms with van der Waals surface area (Å²) >= 11 is 3.45. The summed E-state index contributed by atoms with van der Waals surface area (Å²) in [5.74, 6) is 0. The highest BCUT2D eigenvalue weighted by Crippen LogP contribution is 2.19. The Morgan fingerprint density at radius 3 is 2.85 bits per heavy atom. The van der Waals surface area contributed by atoms with Gasteiger partial charge in [-0.3, -0.25) is 0 Å². The van der Waals surface area contributed by atoms with Crippen molar-refractivity contribution in [2.45, 2.75) is 12.5 Å². The van der Waals surface area contributed by atoms with Crippen molar-refractivity contribution >= 4 is 15.9 Å². The number of hydrogen-bond acceptors (Lipinski definition) is 2. The molecule has 0 radical (unpaired) electrons. The molecule has 72 valence electrons. The first-order chi connectivity index (χ1) is 6.27. The molecule has 0 aliphatic heterocycles. The molecule has 0 aliphatic carbocycles. The molecule has 0 fully saturated rings. The van der Waals surface area contributed by atoms with Crippen LogP contribution >= 0.6 is 15.9 Å². The Bertz CT molecular complexity index is 263. The molecule has 1 aromatic carbocycles. The van der Waals surface area contributed by atoms with Gasteiger partial charge < -0.3 is 11.1 Å². The van der Waals surface area contributed by atoms with Gasteiger partial charge in [-0.05, 0) is 37.7 Å². The summed E-state index contributed by atoms with van der Waals surface area (Å²) in [7, 11) is 1.96. The minimum atomic E-state index is 0.363. The number of nitrogens with two attached hydrogens (primary N) is 1. The average molecular weight is 243 g/mol. The van der Waals surface area contributed by atoms with Crippen molar-refractivity contribution in [3.05, 3.63) is 34.3 Å². The maximum absolute atomic E-state index is 5.53. The molecule has 1 rings (SSSR count). The lowest BCUT2D eigenvalue weighted by molar-refractivity contribution is 0.556. The lowest BCUT2D eigenvalue weighted by atomic mass is 10.0. The van der Waals surface area contributed by atoms with Gasteiger partial charge in [0.2, 0.25) is 0 Å². The second-order valence-electron chi connectivity index (χ2n) is 2.97. The smallest absolute Gasteiger partial charge is 0.0329 e. The van der Waals surface area contributed by atoms with Gasteiger partial charge in [0.05, 0.1) is 0 Å². The number of nitrogens with one attached hydrogen (secondary N) is 1. The van der Waals surface area contributed by atoms with E-state index in [1.54, 1.807) is 0 Å². The van der Waals surface area contributed by atoms with E-state index in [1.165, 1.54) is 5.56 Å². The Hall–Kier alpha value is -0.380. The highest BCUT2D eigenvalue weighted by atomic mass is 79.9. The Kier molecular flexibility index (Phi) is 4.42. The van der Waals surface area contributed by atoms with Crippen LogP contribution in [0.15, 0.2) is 28.7 Å². The summed E-state index contributed by atoms with van der Waals surface area (Å²) in [6.45, 7) is 0.706. The van der Waals surface area contributed by atoms with E-state index in [2.05, 4.69) is 33.4 Å². The highest BCUT2D eigenvalue weighted by molar-refractivity contribution is 9.10. The van der Waals surface area contributed by atoms with Crippen LogP contribution in [0.5, 0.6) is 0 Å². The van der Waals surface area contributed by atoms with Gasteiger partial charge in [-0.15, -0.1) is 0 Å². The molecule has 2 nitrogen and oxygen atoms in total. The van der Waals surface area contributed by atoms with Crippen LogP contribution in [0.4, 0.5) is 0 Å². The van der Waals surface area contributed by atoms with Crippen LogP contribution in [0, 0.1) is 0 Å². The molecule has 1 unspecified atom stereocenters. The van der Waals surface area contributed by atoms with Gasteiger partial charge >= 0.3 is 0 Å². The quantitative estimate of drug-likeness (QED) is 0.849. The monoisotopic (exact) mass is 242 g/mol. The first-order valence-electron chi connectivity index (χ1n) is 4.40. The zero-order chi connectivity index (χ0) is 9.68. The zero-order valence-corrected chi connectivity index (χ0v) is 9.34. The number of rotatable bonds is 4. The number of halogens is 1. The van der Waals surface area contributed by atoms with E-state index in [0.717, 1.165) is 10.9 Å². The summed E-state index contributed by atoms with van der Waals surface area (Å²) in [6, 6.07) is 8.67. The Morgan fingerprint density at radius 2 is 2.31 bits per heavy atom. The molecule has 3 N–H and O–H groups in total. The van der Waals surface area contributed by atoms with E-state index >= 15 is 0 Å². The highest BCUT2D eigenvalue weighted by Gasteiger charge is 2.07. The van der Waals surface area contributed by atoms with E-state index < -0.39 is 0 Å². The summed E-state index contributed by atoms with van der Waals surface area (Å²) in [5.41, 5.74) is 6.81. The summed E-state index contributed by atoms with van der Waals surface area (Å²) in [6.07, 6.45) is 0.965. The summed E-state index contributed by atoms with van der Waals surface area (Å²) in [5, 5.41) is 3.25. The first kappa shape index (κ1) is 10.7. The lowest BCUT2D eigenvalue weighted by Crippen LogP contribution is -2.19. The van der Waals surface area contributed by atoms with Crippen LogP contribution in [-0.4, -0.2) is 13.6 Å². The lowest BCUT2D eigenvalue weighted by Gasteiger charge is -2.15. The molecule has 1 aromatic rings. The molecule has 1 atom stereocenters.